The van der Waals surface area contributed by atoms with Gasteiger partial charge in [-0.2, -0.15) is 26.3 Å². The lowest BCUT2D eigenvalue weighted by atomic mass is 10.1. The van der Waals surface area contributed by atoms with E-state index in [2.05, 4.69) is 77.5 Å². The molecule has 0 aliphatic rings. The predicted octanol–water partition coefficient (Wildman–Crippen LogP) is 10.4. The maximum Gasteiger partial charge on any atom is 0.416 e. The molecule has 0 unspecified atom stereocenters. The number of carbonyl (C=O) groups excluding carboxylic acids is 2. The minimum absolute atomic E-state index is 0.141. The van der Waals surface area contributed by atoms with Crippen LogP contribution in [-0.2, 0) is 12.4 Å². The first kappa shape index (κ1) is 59.0. The highest BCUT2D eigenvalue weighted by molar-refractivity contribution is 7.96. The van der Waals surface area contributed by atoms with Crippen LogP contribution in [0, 0.1) is 20.2 Å². The minimum Gasteiger partial charge on any atom is -0.860 e. The fourth-order valence-electron chi connectivity index (χ4n) is 8.98. The van der Waals surface area contributed by atoms with E-state index in [1.807, 2.05) is 109 Å². The molecule has 9 rings (SSSR count). The number of hydrogen-bond donors (Lipinski definition) is 0. The number of nitro groups is 2. The van der Waals surface area contributed by atoms with Gasteiger partial charge >= 0.3 is 12.4 Å². The zero-order valence-electron chi connectivity index (χ0n) is 41.9. The number of hydrogen-bond acceptors (Lipinski definition) is 9. The van der Waals surface area contributed by atoms with E-state index in [9.17, 15) is 66.2 Å². The van der Waals surface area contributed by atoms with Gasteiger partial charge in [-0.3, -0.25) is 29.8 Å². The molecule has 0 aromatic heterocycles. The van der Waals surface area contributed by atoms with Crippen LogP contribution in [0.4, 0.5) is 37.7 Å². The molecule has 0 heterocycles. The Kier molecular flexibility index (Phi) is 19.4. The molecule has 0 radical (unpaired) electrons. The lowest BCUT2D eigenvalue weighted by molar-refractivity contribution is -0.385. The SMILES string of the molecule is O=C(C[P+](c1ccccc1)(c1ccccc1)c1ccccc1)c1ccccc1[N+](=O)[O-].O=C(C[P+](c1ccccc1)(c1ccccc1)c1ccccc1)c1ccccc1[N+](=O)[O-].[O-]B([O-])Oc1cc(C(F)(F)F)cc(C(F)(F)F)c1. The third-order valence-corrected chi connectivity index (χ3v) is 21.1. The minimum atomic E-state index is -5.05. The third-order valence-electron chi connectivity index (χ3n) is 12.5. The van der Waals surface area contributed by atoms with Crippen molar-refractivity contribution in [1.29, 1.82) is 0 Å². The molecule has 0 spiro atoms. The molecule has 0 atom stereocenters. The highest BCUT2D eigenvalue weighted by atomic mass is 31.2. The number of ketones is 2. The second kappa shape index (κ2) is 26.3. The molecular weight excluding hydrogens is 1080 g/mol. The summed E-state index contributed by atoms with van der Waals surface area (Å²) in [4.78, 5) is 49.4. The molecule has 404 valence electrons. The Labute approximate surface area is 457 Å². The van der Waals surface area contributed by atoms with Crippen molar-refractivity contribution < 1.29 is 60.5 Å². The molecule has 0 fully saturated rings. The summed E-state index contributed by atoms with van der Waals surface area (Å²) in [6, 6.07) is 72.7. The first-order valence-corrected chi connectivity index (χ1v) is 28.1. The van der Waals surface area contributed by atoms with Gasteiger partial charge in [-0.15, -0.1) is 0 Å². The molecule has 0 amide bonds. The van der Waals surface area contributed by atoms with E-state index in [0.29, 0.717) is 0 Å². The van der Waals surface area contributed by atoms with Crippen molar-refractivity contribution in [2.24, 2.45) is 0 Å². The van der Waals surface area contributed by atoms with Gasteiger partial charge in [0.05, 0.1) is 37.8 Å². The molecule has 0 aliphatic heterocycles. The zero-order chi connectivity index (χ0) is 57.5. The quantitative estimate of drug-likeness (QED) is 0.0228. The van der Waals surface area contributed by atoms with Gasteiger partial charge in [0.25, 0.3) is 11.4 Å². The van der Waals surface area contributed by atoms with Crippen LogP contribution in [-0.4, -0.2) is 41.1 Å². The summed E-state index contributed by atoms with van der Waals surface area (Å²) in [5.41, 5.74) is -3.32. The summed E-state index contributed by atoms with van der Waals surface area (Å²) < 4.78 is 77.5. The van der Waals surface area contributed by atoms with Gasteiger partial charge in [-0.1, -0.05) is 133 Å². The van der Waals surface area contributed by atoms with Crippen LogP contribution < -0.4 is 46.5 Å². The van der Waals surface area contributed by atoms with Gasteiger partial charge < -0.3 is 14.7 Å². The number of carbonyl (C=O) groups is 2. The van der Waals surface area contributed by atoms with Crippen LogP contribution >= 0.6 is 14.5 Å². The van der Waals surface area contributed by atoms with Gasteiger partial charge in [0.1, 0.15) is 66.0 Å². The predicted molar refractivity (Wildman–Crippen MR) is 298 cm³/mol. The average Bonchev–Trinajstić information content (AvgIpc) is 3.64. The smallest absolute Gasteiger partial charge is 0.416 e. The number of nitro benzene ring substituents is 2. The van der Waals surface area contributed by atoms with Crippen molar-refractivity contribution in [1.82, 2.24) is 0 Å². The summed E-state index contributed by atoms with van der Waals surface area (Å²) in [6.07, 6.45) is -9.76. The Balaban J connectivity index is 0.000000180. The molecule has 0 N–H and O–H groups in total. The van der Waals surface area contributed by atoms with E-state index in [-0.39, 0.29) is 64.6 Å². The molecule has 0 saturated carbocycles. The van der Waals surface area contributed by atoms with E-state index in [0.717, 1.165) is 31.8 Å². The largest absolute Gasteiger partial charge is 0.860 e. The summed E-state index contributed by atoms with van der Waals surface area (Å²) >= 11 is 0. The Morgan fingerprint density at radius 1 is 0.400 bits per heavy atom. The maximum atomic E-state index is 13.6. The van der Waals surface area contributed by atoms with Gasteiger partial charge in [0, 0.05) is 12.1 Å². The van der Waals surface area contributed by atoms with Gasteiger partial charge in [0.15, 0.2) is 0 Å². The fourth-order valence-corrected chi connectivity index (χ4v) is 17.2. The van der Waals surface area contributed by atoms with Crippen molar-refractivity contribution in [2.45, 2.75) is 12.4 Å². The van der Waals surface area contributed by atoms with Crippen molar-refractivity contribution in [3.63, 3.8) is 0 Å². The van der Waals surface area contributed by atoms with E-state index in [4.69, 9.17) is 0 Å². The molecule has 11 nitrogen and oxygen atoms in total. The molecule has 9 aromatic carbocycles. The number of nitrogens with zero attached hydrogens (tertiary/aromatic N) is 2. The topological polar surface area (TPSA) is 176 Å². The van der Waals surface area contributed by atoms with Crippen LogP contribution in [0.2, 0.25) is 0 Å². The first-order valence-electron chi connectivity index (χ1n) is 24.2. The molecular formula is C60H45BF6N2O9P2. The fraction of sp³-hybridized carbons (Fsp3) is 0.0667. The van der Waals surface area contributed by atoms with Crippen LogP contribution in [0.3, 0.4) is 0 Å². The van der Waals surface area contributed by atoms with Crippen LogP contribution in [0.1, 0.15) is 31.8 Å². The maximum absolute atomic E-state index is 13.6. The number of benzene rings is 9. The highest BCUT2D eigenvalue weighted by Gasteiger charge is 2.49. The van der Waals surface area contributed by atoms with Gasteiger partial charge in [-0.05, 0) is 103 Å². The Hall–Kier alpha value is -8.66. The monoisotopic (exact) mass is 1120 g/mol. The van der Waals surface area contributed by atoms with E-state index < -0.39 is 60.9 Å². The number of rotatable bonds is 16. The van der Waals surface area contributed by atoms with Gasteiger partial charge in [-0.25, -0.2) is 0 Å². The van der Waals surface area contributed by atoms with E-state index in [1.165, 1.54) is 12.1 Å². The van der Waals surface area contributed by atoms with Crippen LogP contribution in [0.15, 0.2) is 249 Å². The summed E-state index contributed by atoms with van der Waals surface area (Å²) in [7, 11) is -7.81. The van der Waals surface area contributed by atoms with E-state index >= 15 is 0 Å². The number of Topliss-reactive ketones (excluding diaryl/α,β-unsaturated/α-hetero) is 2. The molecule has 9 aromatic rings. The molecule has 0 aliphatic carbocycles. The highest BCUT2D eigenvalue weighted by Crippen LogP contribution is 2.57. The number of halogens is 6. The van der Waals surface area contributed by atoms with Crippen molar-refractivity contribution in [2.75, 3.05) is 12.3 Å². The molecule has 80 heavy (non-hydrogen) atoms. The van der Waals surface area contributed by atoms with Crippen LogP contribution in [0.25, 0.3) is 0 Å². The standard InChI is InChI=1S/2C26H21NO3P.C8H3BF6O3/c2*28-26(24-18-10-11-19-25(24)27(29)30)20-31(21-12-4-1-5-13-21,22-14-6-2-7-15-22)23-16-8-3-9-17-23;10-7(11,12)4-1-5(8(13,14)15)3-6(2-4)18-9(16)17/h2*1-19H,20H2;1-3H/q2*+1;-2. The molecule has 20 heteroatoms. The van der Waals surface area contributed by atoms with E-state index in [1.54, 1.807) is 36.4 Å². The number of para-hydroxylation sites is 2. The first-order chi connectivity index (χ1) is 38.2. The lowest BCUT2D eigenvalue weighted by Gasteiger charge is -2.27. The number of alkyl halides is 6. The summed E-state index contributed by atoms with van der Waals surface area (Å²) in [5, 5.41) is 49.7. The Morgan fingerprint density at radius 3 is 0.863 bits per heavy atom. The van der Waals surface area contributed by atoms with Gasteiger partial charge in [0.2, 0.25) is 11.6 Å². The average molecular weight is 1120 g/mol. The van der Waals surface area contributed by atoms with Crippen molar-refractivity contribution in [3.8, 4) is 5.75 Å². The Morgan fingerprint density at radius 2 is 0.637 bits per heavy atom. The van der Waals surface area contributed by atoms with Crippen LogP contribution in [0.5, 0.6) is 5.75 Å². The lowest BCUT2D eigenvalue weighted by Crippen LogP contribution is -2.50. The Bertz CT molecular complexity index is 3120. The van der Waals surface area contributed by atoms with Crippen molar-refractivity contribution in [3.05, 3.63) is 291 Å². The zero-order valence-corrected chi connectivity index (χ0v) is 43.7. The third kappa shape index (κ3) is 14.1. The second-order valence-corrected chi connectivity index (χ2v) is 24.5. The van der Waals surface area contributed by atoms with Crippen molar-refractivity contribution >= 4 is 76.6 Å². The molecule has 0 saturated heterocycles. The summed E-state index contributed by atoms with van der Waals surface area (Å²) in [6.45, 7) is 0. The normalized spacial score (nSPS) is 11.4. The summed E-state index contributed by atoms with van der Waals surface area (Å²) in [5.74, 6) is -1.53. The molecule has 0 bridgehead atoms. The second-order valence-electron chi connectivity index (χ2n) is 17.5.